The molecule has 1 aliphatic rings. The van der Waals surface area contributed by atoms with Crippen molar-refractivity contribution in [2.24, 2.45) is 5.92 Å². The van der Waals surface area contributed by atoms with Gasteiger partial charge in [0.2, 0.25) is 0 Å². The minimum atomic E-state index is -1.09. The number of esters is 2. The average molecular weight is 229 g/mol. The van der Waals surface area contributed by atoms with Gasteiger partial charge in [-0.25, -0.2) is 4.79 Å². The highest BCUT2D eigenvalue weighted by atomic mass is 16.6. The van der Waals surface area contributed by atoms with Crippen LogP contribution in [0.2, 0.25) is 0 Å². The largest absolute Gasteiger partial charge is 0.481 e. The number of hydrogen-bond donors (Lipinski definition) is 2. The number of hydrogen-bond acceptors (Lipinski definition) is 5. The van der Waals surface area contributed by atoms with E-state index in [0.717, 1.165) is 13.0 Å². The van der Waals surface area contributed by atoms with Crippen molar-refractivity contribution in [1.29, 1.82) is 0 Å². The molecule has 0 aliphatic carbocycles. The minimum Gasteiger partial charge on any atom is -0.481 e. The summed E-state index contributed by atoms with van der Waals surface area (Å²) in [6, 6.07) is -0.430. The molecule has 90 valence electrons. The fraction of sp³-hybridized carbons (Fsp3) is 0.700. The van der Waals surface area contributed by atoms with Crippen LogP contribution >= 0.6 is 0 Å². The molecular formula is C10H15NO5. The fourth-order valence-corrected chi connectivity index (χ4v) is 1.50. The monoisotopic (exact) mass is 229 g/mol. The highest BCUT2D eigenvalue weighted by Crippen LogP contribution is 2.10. The molecule has 0 aromatic rings. The Balaban J connectivity index is 2.37. The molecule has 16 heavy (non-hydrogen) atoms. The summed E-state index contributed by atoms with van der Waals surface area (Å²) in [5.74, 6) is -3.28. The summed E-state index contributed by atoms with van der Waals surface area (Å²) >= 11 is 0. The average Bonchev–Trinajstić information content (AvgIpc) is 2.68. The lowest BCUT2D eigenvalue weighted by atomic mass is 10.1. The van der Waals surface area contributed by atoms with Crippen molar-refractivity contribution in [1.82, 2.24) is 5.32 Å². The van der Waals surface area contributed by atoms with Gasteiger partial charge in [-0.05, 0) is 19.4 Å². The lowest BCUT2D eigenvalue weighted by Crippen LogP contribution is -2.35. The van der Waals surface area contributed by atoms with Crippen LogP contribution in [0.25, 0.3) is 0 Å². The summed E-state index contributed by atoms with van der Waals surface area (Å²) in [6.45, 7) is 2.16. The van der Waals surface area contributed by atoms with E-state index in [1.807, 2.05) is 0 Å². The van der Waals surface area contributed by atoms with Gasteiger partial charge in [-0.1, -0.05) is 6.92 Å². The van der Waals surface area contributed by atoms with Gasteiger partial charge in [0.05, 0.1) is 12.3 Å². The number of aliphatic carboxylic acids is 1. The van der Waals surface area contributed by atoms with Crippen molar-refractivity contribution in [3.8, 4) is 0 Å². The lowest BCUT2D eigenvalue weighted by Gasteiger charge is -2.11. The van der Waals surface area contributed by atoms with E-state index >= 15 is 0 Å². The first kappa shape index (κ1) is 12.6. The topological polar surface area (TPSA) is 92.7 Å². The standard InChI is InChI=1S/C10H15NO5/c1-6(5-8(12)13)9(14)16-10(15)7-3-2-4-11-7/h6-7,11H,2-5H2,1H3,(H,12,13)/t6?,7-/m0/s1. The van der Waals surface area contributed by atoms with Gasteiger partial charge in [0.25, 0.3) is 0 Å². The first-order chi connectivity index (χ1) is 7.50. The number of rotatable bonds is 4. The van der Waals surface area contributed by atoms with Crippen LogP contribution in [0.4, 0.5) is 0 Å². The Hall–Kier alpha value is -1.43. The summed E-state index contributed by atoms with van der Waals surface area (Å²) in [6.07, 6.45) is 1.20. The molecular weight excluding hydrogens is 214 g/mol. The maximum absolute atomic E-state index is 11.4. The molecule has 0 spiro atoms. The first-order valence-corrected chi connectivity index (χ1v) is 5.21. The van der Waals surface area contributed by atoms with Crippen molar-refractivity contribution in [2.75, 3.05) is 6.54 Å². The van der Waals surface area contributed by atoms with Crippen LogP contribution in [0.5, 0.6) is 0 Å². The van der Waals surface area contributed by atoms with Crippen LogP contribution in [0, 0.1) is 5.92 Å². The van der Waals surface area contributed by atoms with E-state index in [-0.39, 0.29) is 6.42 Å². The highest BCUT2D eigenvalue weighted by molar-refractivity contribution is 5.90. The molecule has 6 nitrogen and oxygen atoms in total. The smallest absolute Gasteiger partial charge is 0.330 e. The molecule has 1 fully saturated rings. The Kier molecular flexibility index (Phi) is 4.42. The van der Waals surface area contributed by atoms with E-state index in [0.29, 0.717) is 6.42 Å². The van der Waals surface area contributed by atoms with E-state index in [1.165, 1.54) is 6.92 Å². The minimum absolute atomic E-state index is 0.329. The van der Waals surface area contributed by atoms with E-state index in [1.54, 1.807) is 0 Å². The van der Waals surface area contributed by atoms with Gasteiger partial charge in [-0.3, -0.25) is 9.59 Å². The Morgan fingerprint density at radius 3 is 2.69 bits per heavy atom. The Morgan fingerprint density at radius 2 is 2.19 bits per heavy atom. The molecule has 1 unspecified atom stereocenters. The zero-order valence-electron chi connectivity index (χ0n) is 9.06. The molecule has 2 N–H and O–H groups in total. The van der Waals surface area contributed by atoms with Crippen LogP contribution in [0.15, 0.2) is 0 Å². The third-order valence-electron chi connectivity index (χ3n) is 2.43. The van der Waals surface area contributed by atoms with Crippen molar-refractivity contribution in [3.05, 3.63) is 0 Å². The molecule has 0 aromatic carbocycles. The second-order valence-corrected chi connectivity index (χ2v) is 3.89. The lowest BCUT2D eigenvalue weighted by molar-refractivity contribution is -0.165. The SMILES string of the molecule is CC(CC(=O)O)C(=O)OC(=O)[C@@H]1CCCN1. The van der Waals surface area contributed by atoms with Gasteiger partial charge in [-0.2, -0.15) is 0 Å². The Bertz CT molecular complexity index is 296. The molecule has 6 heteroatoms. The normalized spacial score (nSPS) is 21.4. The molecule has 0 saturated carbocycles. The number of ether oxygens (including phenoxy) is 1. The van der Waals surface area contributed by atoms with E-state index < -0.39 is 29.9 Å². The molecule has 1 rings (SSSR count). The maximum Gasteiger partial charge on any atom is 0.330 e. The van der Waals surface area contributed by atoms with Gasteiger partial charge in [-0.15, -0.1) is 0 Å². The van der Waals surface area contributed by atoms with Gasteiger partial charge < -0.3 is 15.2 Å². The van der Waals surface area contributed by atoms with E-state index in [2.05, 4.69) is 10.1 Å². The molecule has 0 radical (unpaired) electrons. The van der Waals surface area contributed by atoms with Gasteiger partial charge in [0.1, 0.15) is 6.04 Å². The van der Waals surface area contributed by atoms with E-state index in [4.69, 9.17) is 5.11 Å². The predicted octanol–water partition coefficient (Wildman–Crippen LogP) is -0.0810. The summed E-state index contributed by atoms with van der Waals surface area (Å²) < 4.78 is 4.59. The summed E-state index contributed by atoms with van der Waals surface area (Å²) in [5.41, 5.74) is 0. The van der Waals surface area contributed by atoms with Gasteiger partial charge >= 0.3 is 17.9 Å². The molecule has 2 atom stereocenters. The number of carbonyl (C=O) groups is 3. The van der Waals surface area contributed by atoms with Crippen LogP contribution in [-0.2, 0) is 19.1 Å². The molecule has 0 amide bonds. The third kappa shape index (κ3) is 3.62. The van der Waals surface area contributed by atoms with Crippen LogP contribution in [-0.4, -0.2) is 35.6 Å². The number of carboxylic acids is 1. The van der Waals surface area contributed by atoms with E-state index in [9.17, 15) is 14.4 Å². The van der Waals surface area contributed by atoms with Crippen molar-refractivity contribution in [2.45, 2.75) is 32.2 Å². The second-order valence-electron chi connectivity index (χ2n) is 3.89. The zero-order chi connectivity index (χ0) is 12.1. The first-order valence-electron chi connectivity index (χ1n) is 5.21. The molecule has 1 aliphatic heterocycles. The molecule has 1 saturated heterocycles. The second kappa shape index (κ2) is 5.60. The fourth-order valence-electron chi connectivity index (χ4n) is 1.50. The summed E-state index contributed by atoms with van der Waals surface area (Å²) in [4.78, 5) is 33.1. The number of carbonyl (C=O) groups excluding carboxylic acids is 2. The zero-order valence-corrected chi connectivity index (χ0v) is 9.06. The number of nitrogens with one attached hydrogen (secondary N) is 1. The molecule has 0 aromatic heterocycles. The van der Waals surface area contributed by atoms with Crippen molar-refractivity contribution < 1.29 is 24.2 Å². The van der Waals surface area contributed by atoms with Gasteiger partial charge in [0, 0.05) is 0 Å². The van der Waals surface area contributed by atoms with Crippen molar-refractivity contribution >= 4 is 17.9 Å². The number of carboxylic acid groups (broad SMARTS) is 1. The summed E-state index contributed by atoms with van der Waals surface area (Å²) in [7, 11) is 0. The highest BCUT2D eigenvalue weighted by Gasteiger charge is 2.28. The predicted molar refractivity (Wildman–Crippen MR) is 53.5 cm³/mol. The molecule has 1 heterocycles. The van der Waals surface area contributed by atoms with Crippen LogP contribution in [0.1, 0.15) is 26.2 Å². The van der Waals surface area contributed by atoms with Crippen molar-refractivity contribution in [3.63, 3.8) is 0 Å². The van der Waals surface area contributed by atoms with Gasteiger partial charge in [0.15, 0.2) is 0 Å². The van der Waals surface area contributed by atoms with Crippen LogP contribution < -0.4 is 5.32 Å². The Labute approximate surface area is 93.0 Å². The van der Waals surface area contributed by atoms with Crippen LogP contribution in [0.3, 0.4) is 0 Å². The molecule has 0 bridgehead atoms. The maximum atomic E-state index is 11.4. The third-order valence-corrected chi connectivity index (χ3v) is 2.43. The quantitative estimate of drug-likeness (QED) is 0.517. The Morgan fingerprint density at radius 1 is 1.50 bits per heavy atom. The summed E-state index contributed by atoms with van der Waals surface area (Å²) in [5, 5.41) is 11.4.